The molecule has 0 heterocycles. The van der Waals surface area contributed by atoms with Crippen LogP contribution in [0.15, 0.2) is 60.8 Å². The molecule has 0 aromatic carbocycles. The molecule has 0 spiro atoms. The molecule has 0 aliphatic carbocycles. The van der Waals surface area contributed by atoms with Gasteiger partial charge in [0, 0.05) is 19.3 Å². The Hall–Kier alpha value is -2.89. The molecule has 346 valence electrons. The summed E-state index contributed by atoms with van der Waals surface area (Å²) in [6, 6.07) is 0. The van der Waals surface area contributed by atoms with E-state index in [-0.39, 0.29) is 37.5 Å². The minimum absolute atomic E-state index is 0.0987. The average molecular weight is 839 g/mol. The van der Waals surface area contributed by atoms with Gasteiger partial charge in [0.1, 0.15) is 13.2 Å². The fraction of sp³-hybridized carbons (Fsp3) is 0.759. The Morgan fingerprint density at radius 1 is 0.350 bits per heavy atom. The SMILES string of the molecule is CC/C=C\C/C=C\C/C=C\C/C=C\CCC(=O)OCC(COC(=O)CCCCCCC/C=C\CCCCCCCC)OC(=O)CCCCCCCCCCCCCCCC. The summed E-state index contributed by atoms with van der Waals surface area (Å²) in [5.74, 6) is -0.987. The van der Waals surface area contributed by atoms with Gasteiger partial charge in [0.05, 0.1) is 0 Å². The van der Waals surface area contributed by atoms with Crippen molar-refractivity contribution in [3.63, 3.8) is 0 Å². The smallest absolute Gasteiger partial charge is 0.306 e. The van der Waals surface area contributed by atoms with E-state index in [1.54, 1.807) is 0 Å². The van der Waals surface area contributed by atoms with Gasteiger partial charge < -0.3 is 14.2 Å². The summed E-state index contributed by atoms with van der Waals surface area (Å²) in [7, 11) is 0. The molecule has 60 heavy (non-hydrogen) atoms. The fourth-order valence-corrected chi connectivity index (χ4v) is 6.98. The first-order valence-electron chi connectivity index (χ1n) is 25.3. The summed E-state index contributed by atoms with van der Waals surface area (Å²) >= 11 is 0. The zero-order valence-corrected chi connectivity index (χ0v) is 39.5. The van der Waals surface area contributed by atoms with Gasteiger partial charge >= 0.3 is 17.9 Å². The van der Waals surface area contributed by atoms with Crippen LogP contribution in [0.5, 0.6) is 0 Å². The third-order valence-corrected chi connectivity index (χ3v) is 10.8. The van der Waals surface area contributed by atoms with Crippen LogP contribution in [0.1, 0.15) is 245 Å². The highest BCUT2D eigenvalue weighted by Crippen LogP contribution is 2.15. The van der Waals surface area contributed by atoms with E-state index in [1.807, 2.05) is 6.08 Å². The topological polar surface area (TPSA) is 78.9 Å². The van der Waals surface area contributed by atoms with Crippen molar-refractivity contribution in [2.75, 3.05) is 13.2 Å². The van der Waals surface area contributed by atoms with Crippen molar-refractivity contribution in [3.8, 4) is 0 Å². The second kappa shape index (κ2) is 48.8. The molecule has 0 N–H and O–H groups in total. The Morgan fingerprint density at radius 3 is 1.12 bits per heavy atom. The van der Waals surface area contributed by atoms with Gasteiger partial charge in [-0.05, 0) is 70.6 Å². The molecular weight excluding hydrogens is 745 g/mol. The molecule has 0 aromatic heterocycles. The second-order valence-corrected chi connectivity index (χ2v) is 16.7. The number of rotatable bonds is 45. The van der Waals surface area contributed by atoms with Crippen LogP contribution < -0.4 is 0 Å². The van der Waals surface area contributed by atoms with Gasteiger partial charge in [-0.25, -0.2) is 0 Å². The molecule has 6 heteroatoms. The highest BCUT2D eigenvalue weighted by Gasteiger charge is 2.19. The van der Waals surface area contributed by atoms with E-state index in [0.717, 1.165) is 70.6 Å². The highest BCUT2D eigenvalue weighted by molar-refractivity contribution is 5.71. The normalized spacial score (nSPS) is 12.5. The predicted molar refractivity (Wildman–Crippen MR) is 256 cm³/mol. The molecule has 0 saturated heterocycles. The Kier molecular flexibility index (Phi) is 46.4. The first kappa shape index (κ1) is 57.1. The number of ether oxygens (including phenoxy) is 3. The minimum atomic E-state index is -0.802. The summed E-state index contributed by atoms with van der Waals surface area (Å²) in [5.41, 5.74) is 0. The van der Waals surface area contributed by atoms with Crippen LogP contribution in [0.25, 0.3) is 0 Å². The quantitative estimate of drug-likeness (QED) is 0.0263. The Bertz CT molecular complexity index is 1100. The van der Waals surface area contributed by atoms with Crippen LogP contribution in [-0.4, -0.2) is 37.2 Å². The lowest BCUT2D eigenvalue weighted by Crippen LogP contribution is -2.30. The monoisotopic (exact) mass is 839 g/mol. The van der Waals surface area contributed by atoms with Crippen molar-refractivity contribution >= 4 is 17.9 Å². The molecule has 0 rings (SSSR count). The van der Waals surface area contributed by atoms with Crippen molar-refractivity contribution in [2.45, 2.75) is 252 Å². The summed E-state index contributed by atoms with van der Waals surface area (Å²) in [6.45, 7) is 6.45. The third kappa shape index (κ3) is 46.2. The van der Waals surface area contributed by atoms with E-state index < -0.39 is 6.10 Å². The molecule has 0 aliphatic heterocycles. The van der Waals surface area contributed by atoms with E-state index in [0.29, 0.717) is 19.3 Å². The number of esters is 3. The first-order valence-corrected chi connectivity index (χ1v) is 25.3. The Labute approximate surface area is 370 Å². The van der Waals surface area contributed by atoms with Gasteiger partial charge in [-0.3, -0.25) is 14.4 Å². The maximum absolute atomic E-state index is 12.8. The first-order chi connectivity index (χ1) is 29.5. The number of unbranched alkanes of at least 4 members (excludes halogenated alkanes) is 24. The van der Waals surface area contributed by atoms with E-state index in [1.165, 1.54) is 128 Å². The molecule has 0 fully saturated rings. The Balaban J connectivity index is 4.46. The molecule has 0 bridgehead atoms. The van der Waals surface area contributed by atoms with E-state index in [9.17, 15) is 14.4 Å². The standard InChI is InChI=1S/C54H94O6/c1-4-7-10-13-16-19-22-25-27-30-32-35-38-41-44-47-53(56)59-50-51(49-58-52(55)46-43-40-37-34-31-28-24-21-18-15-12-9-6-3)60-54(57)48-45-42-39-36-33-29-26-23-20-17-14-11-8-5-2/h9,12,18,21,25,27-28,31,37,40,51H,4-8,10-11,13-17,19-20,22-24,26,29-30,32-36,38-39,41-50H2,1-3H3/b12-9-,21-18-,27-25-,31-28-,40-37-. The van der Waals surface area contributed by atoms with Crippen molar-refractivity contribution < 1.29 is 28.6 Å². The van der Waals surface area contributed by atoms with Crippen molar-refractivity contribution in [1.29, 1.82) is 0 Å². The number of allylic oxidation sites excluding steroid dienone is 10. The fourth-order valence-electron chi connectivity index (χ4n) is 6.98. The number of hydrogen-bond donors (Lipinski definition) is 0. The van der Waals surface area contributed by atoms with Crippen LogP contribution in [0.3, 0.4) is 0 Å². The summed E-state index contributed by atoms with van der Waals surface area (Å²) in [4.78, 5) is 37.9. The molecule has 1 unspecified atom stereocenters. The molecule has 1 atom stereocenters. The minimum Gasteiger partial charge on any atom is -0.462 e. The summed E-state index contributed by atoms with van der Waals surface area (Å²) < 4.78 is 16.7. The zero-order valence-electron chi connectivity index (χ0n) is 39.5. The van der Waals surface area contributed by atoms with Crippen LogP contribution in [0.4, 0.5) is 0 Å². The molecule has 6 nitrogen and oxygen atoms in total. The van der Waals surface area contributed by atoms with Crippen LogP contribution in [0.2, 0.25) is 0 Å². The van der Waals surface area contributed by atoms with Gasteiger partial charge in [-0.1, -0.05) is 216 Å². The van der Waals surface area contributed by atoms with Gasteiger partial charge in [-0.2, -0.15) is 0 Å². The van der Waals surface area contributed by atoms with E-state index in [4.69, 9.17) is 14.2 Å². The van der Waals surface area contributed by atoms with Crippen molar-refractivity contribution in [2.24, 2.45) is 0 Å². The van der Waals surface area contributed by atoms with Gasteiger partial charge in [0.25, 0.3) is 0 Å². The molecule has 0 saturated carbocycles. The van der Waals surface area contributed by atoms with Gasteiger partial charge in [-0.15, -0.1) is 0 Å². The van der Waals surface area contributed by atoms with E-state index in [2.05, 4.69) is 75.5 Å². The molecule has 0 amide bonds. The number of carbonyl (C=O) groups excluding carboxylic acids is 3. The van der Waals surface area contributed by atoms with Crippen molar-refractivity contribution in [3.05, 3.63) is 60.8 Å². The summed E-state index contributed by atoms with van der Waals surface area (Å²) in [5, 5.41) is 0. The maximum atomic E-state index is 12.8. The number of hydrogen-bond acceptors (Lipinski definition) is 6. The molecular formula is C54H94O6. The predicted octanol–water partition coefficient (Wildman–Crippen LogP) is 16.5. The lowest BCUT2D eigenvalue weighted by atomic mass is 10.0. The average Bonchev–Trinajstić information content (AvgIpc) is 3.24. The molecule has 0 aromatic rings. The maximum Gasteiger partial charge on any atom is 0.306 e. The van der Waals surface area contributed by atoms with Crippen LogP contribution >= 0.6 is 0 Å². The third-order valence-electron chi connectivity index (χ3n) is 10.8. The highest BCUT2D eigenvalue weighted by atomic mass is 16.6. The van der Waals surface area contributed by atoms with Crippen LogP contribution in [0, 0.1) is 0 Å². The van der Waals surface area contributed by atoms with Gasteiger partial charge in [0.2, 0.25) is 0 Å². The largest absolute Gasteiger partial charge is 0.462 e. The lowest BCUT2D eigenvalue weighted by molar-refractivity contribution is -0.166. The molecule has 0 radical (unpaired) electrons. The zero-order chi connectivity index (χ0) is 43.7. The number of carbonyl (C=O) groups is 3. The van der Waals surface area contributed by atoms with Gasteiger partial charge in [0.15, 0.2) is 6.10 Å². The summed E-state index contributed by atoms with van der Waals surface area (Å²) in [6.07, 6.45) is 59.3. The Morgan fingerprint density at radius 2 is 0.683 bits per heavy atom. The lowest BCUT2D eigenvalue weighted by Gasteiger charge is -2.18. The van der Waals surface area contributed by atoms with Crippen molar-refractivity contribution in [1.82, 2.24) is 0 Å². The second-order valence-electron chi connectivity index (χ2n) is 16.7. The van der Waals surface area contributed by atoms with E-state index >= 15 is 0 Å². The molecule has 0 aliphatic rings. The van der Waals surface area contributed by atoms with Crippen LogP contribution in [-0.2, 0) is 28.6 Å².